The second-order valence-electron chi connectivity index (χ2n) is 3.12. The van der Waals surface area contributed by atoms with Gasteiger partial charge in [-0.3, -0.25) is 4.68 Å². The van der Waals surface area contributed by atoms with Crippen LogP contribution < -0.4 is 11.2 Å². The maximum absolute atomic E-state index is 5.81. The van der Waals surface area contributed by atoms with Crippen LogP contribution in [0.5, 0.6) is 0 Å². The second kappa shape index (κ2) is 3.87. The number of para-hydroxylation sites is 1. The fourth-order valence-corrected chi connectivity index (χ4v) is 1.31. The van der Waals surface area contributed by atoms with Crippen LogP contribution in [0.1, 0.15) is 5.56 Å². The Bertz CT molecular complexity index is 393. The fraction of sp³-hybridized carbons (Fsp3) is 0.0909. The van der Waals surface area contributed by atoms with Crippen molar-refractivity contribution in [2.45, 2.75) is 6.54 Å². The third kappa shape index (κ3) is 1.88. The molecule has 0 amide bonds. The molecule has 0 aliphatic heterocycles. The fourth-order valence-electron chi connectivity index (χ4n) is 1.31. The minimum absolute atomic E-state index is 0.737. The summed E-state index contributed by atoms with van der Waals surface area (Å²) >= 11 is 0. The van der Waals surface area contributed by atoms with Crippen molar-refractivity contribution in [2.24, 2.45) is 0 Å². The van der Waals surface area contributed by atoms with E-state index < -0.39 is 0 Å². The Hall–Kier alpha value is -1.90. The molecule has 1 aromatic carbocycles. The van der Waals surface area contributed by atoms with Crippen molar-refractivity contribution in [1.82, 2.24) is 4.68 Å². The Kier molecular flexibility index (Phi) is 2.40. The first-order valence-electron chi connectivity index (χ1n) is 4.56. The minimum Gasteiger partial charge on any atom is -0.398 e. The number of hydrogen-bond donors (Lipinski definition) is 2. The van der Waals surface area contributed by atoms with Crippen LogP contribution in [0.2, 0.25) is 0 Å². The van der Waals surface area contributed by atoms with E-state index in [0.29, 0.717) is 0 Å². The van der Waals surface area contributed by atoms with Gasteiger partial charge in [-0.05, 0) is 23.8 Å². The van der Waals surface area contributed by atoms with Crippen molar-refractivity contribution < 1.29 is 0 Å². The van der Waals surface area contributed by atoms with Crippen LogP contribution in [0, 0.1) is 0 Å². The van der Waals surface area contributed by atoms with Gasteiger partial charge in [0.1, 0.15) is 0 Å². The summed E-state index contributed by atoms with van der Waals surface area (Å²) in [5, 5.41) is 0. The van der Waals surface area contributed by atoms with E-state index in [1.807, 2.05) is 53.5 Å². The maximum Gasteiger partial charge on any atom is 0.0584 e. The number of nitrogen functional groups attached to an aromatic ring is 1. The molecule has 2 aromatic rings. The Balaban J connectivity index is 2.02. The Labute approximate surface area is 83.1 Å². The number of rotatable bonds is 3. The normalized spacial score (nSPS) is 10.0. The molecule has 0 saturated carbocycles. The Morgan fingerprint density at radius 2 is 1.79 bits per heavy atom. The van der Waals surface area contributed by atoms with Crippen molar-refractivity contribution in [3.05, 3.63) is 54.4 Å². The second-order valence-corrected chi connectivity index (χ2v) is 3.12. The molecule has 0 unspecified atom stereocenters. The molecule has 14 heavy (non-hydrogen) atoms. The minimum atomic E-state index is 0.737. The third-order valence-corrected chi connectivity index (χ3v) is 2.11. The summed E-state index contributed by atoms with van der Waals surface area (Å²) in [6, 6.07) is 11.8. The zero-order chi connectivity index (χ0) is 9.80. The molecular weight excluding hydrogens is 174 g/mol. The van der Waals surface area contributed by atoms with Crippen molar-refractivity contribution in [2.75, 3.05) is 11.2 Å². The summed E-state index contributed by atoms with van der Waals surface area (Å²) in [5.41, 5.74) is 11.0. The molecular formula is C11H13N3. The molecule has 0 saturated heterocycles. The van der Waals surface area contributed by atoms with Gasteiger partial charge in [0.25, 0.3) is 0 Å². The third-order valence-electron chi connectivity index (χ3n) is 2.11. The van der Waals surface area contributed by atoms with Crippen molar-refractivity contribution in [3.8, 4) is 0 Å². The van der Waals surface area contributed by atoms with E-state index in [1.165, 1.54) is 0 Å². The molecule has 0 fully saturated rings. The van der Waals surface area contributed by atoms with Gasteiger partial charge in [-0.15, -0.1) is 0 Å². The van der Waals surface area contributed by atoms with Gasteiger partial charge in [0.2, 0.25) is 0 Å². The van der Waals surface area contributed by atoms with E-state index >= 15 is 0 Å². The SMILES string of the molecule is Nc1ccccc1CNn1cccc1. The summed E-state index contributed by atoms with van der Waals surface area (Å²) in [6.07, 6.45) is 3.91. The molecule has 72 valence electrons. The molecule has 0 spiro atoms. The van der Waals surface area contributed by atoms with Gasteiger partial charge in [-0.2, -0.15) is 0 Å². The molecule has 2 rings (SSSR count). The number of hydrogen-bond acceptors (Lipinski definition) is 2. The lowest BCUT2D eigenvalue weighted by Gasteiger charge is -2.09. The zero-order valence-electron chi connectivity index (χ0n) is 7.85. The van der Waals surface area contributed by atoms with E-state index in [-0.39, 0.29) is 0 Å². The van der Waals surface area contributed by atoms with Gasteiger partial charge in [-0.1, -0.05) is 18.2 Å². The summed E-state index contributed by atoms with van der Waals surface area (Å²) in [7, 11) is 0. The van der Waals surface area contributed by atoms with Crippen molar-refractivity contribution in [3.63, 3.8) is 0 Å². The van der Waals surface area contributed by atoms with E-state index in [0.717, 1.165) is 17.8 Å². The zero-order valence-corrected chi connectivity index (χ0v) is 7.85. The summed E-state index contributed by atoms with van der Waals surface area (Å²) in [5.74, 6) is 0. The van der Waals surface area contributed by atoms with Crippen LogP contribution in [0.25, 0.3) is 0 Å². The van der Waals surface area contributed by atoms with Crippen LogP contribution in [0.15, 0.2) is 48.8 Å². The standard InChI is InChI=1S/C11H13N3/c12-11-6-2-1-5-10(11)9-13-14-7-3-4-8-14/h1-8,13H,9,12H2. The van der Waals surface area contributed by atoms with Crippen LogP contribution >= 0.6 is 0 Å². The molecule has 0 aliphatic carbocycles. The Morgan fingerprint density at radius 1 is 1.07 bits per heavy atom. The number of nitrogens with two attached hydrogens (primary N) is 1. The Morgan fingerprint density at radius 3 is 2.50 bits per heavy atom. The highest BCUT2D eigenvalue weighted by Crippen LogP contribution is 2.09. The van der Waals surface area contributed by atoms with Crippen LogP contribution in [0.4, 0.5) is 5.69 Å². The predicted octanol–water partition coefficient (Wildman–Crippen LogP) is 1.81. The molecule has 1 aromatic heterocycles. The topological polar surface area (TPSA) is 43.0 Å². The first-order chi connectivity index (χ1) is 6.86. The van der Waals surface area contributed by atoms with Gasteiger partial charge < -0.3 is 11.2 Å². The highest BCUT2D eigenvalue weighted by atomic mass is 15.4. The van der Waals surface area contributed by atoms with E-state index in [9.17, 15) is 0 Å². The van der Waals surface area contributed by atoms with Crippen LogP contribution in [0.3, 0.4) is 0 Å². The molecule has 0 radical (unpaired) electrons. The summed E-state index contributed by atoms with van der Waals surface area (Å²) < 4.78 is 1.91. The van der Waals surface area contributed by atoms with Crippen molar-refractivity contribution >= 4 is 5.69 Å². The number of aromatic nitrogens is 1. The highest BCUT2D eigenvalue weighted by molar-refractivity contribution is 5.46. The lowest BCUT2D eigenvalue weighted by Crippen LogP contribution is -2.12. The van der Waals surface area contributed by atoms with E-state index in [4.69, 9.17) is 5.73 Å². The maximum atomic E-state index is 5.81. The molecule has 3 nitrogen and oxygen atoms in total. The van der Waals surface area contributed by atoms with Crippen LogP contribution in [-0.4, -0.2) is 4.68 Å². The molecule has 0 bridgehead atoms. The number of anilines is 1. The molecule has 3 heteroatoms. The van der Waals surface area contributed by atoms with E-state index in [2.05, 4.69) is 5.43 Å². The average Bonchev–Trinajstić information content (AvgIpc) is 2.69. The first kappa shape index (κ1) is 8.69. The monoisotopic (exact) mass is 187 g/mol. The lowest BCUT2D eigenvalue weighted by atomic mass is 10.2. The largest absolute Gasteiger partial charge is 0.398 e. The highest BCUT2D eigenvalue weighted by Gasteiger charge is 1.95. The van der Waals surface area contributed by atoms with Crippen molar-refractivity contribution in [1.29, 1.82) is 0 Å². The first-order valence-corrected chi connectivity index (χ1v) is 4.56. The average molecular weight is 187 g/mol. The molecule has 0 aliphatic rings. The molecule has 0 atom stereocenters. The van der Waals surface area contributed by atoms with Gasteiger partial charge in [0, 0.05) is 18.1 Å². The summed E-state index contributed by atoms with van der Waals surface area (Å²) in [6.45, 7) is 0.737. The smallest absolute Gasteiger partial charge is 0.0584 e. The van der Waals surface area contributed by atoms with Crippen LogP contribution in [-0.2, 0) is 6.54 Å². The van der Waals surface area contributed by atoms with Gasteiger partial charge in [-0.25, -0.2) is 0 Å². The summed E-state index contributed by atoms with van der Waals surface area (Å²) in [4.78, 5) is 0. The molecule has 3 N–H and O–H groups in total. The molecule has 1 heterocycles. The van der Waals surface area contributed by atoms with Gasteiger partial charge >= 0.3 is 0 Å². The quantitative estimate of drug-likeness (QED) is 0.720. The lowest BCUT2D eigenvalue weighted by molar-refractivity contribution is 0.848. The van der Waals surface area contributed by atoms with Gasteiger partial charge in [0.05, 0.1) is 6.54 Å². The number of benzene rings is 1. The predicted molar refractivity (Wildman–Crippen MR) is 58.4 cm³/mol. The number of nitrogens with one attached hydrogen (secondary N) is 1. The van der Waals surface area contributed by atoms with E-state index in [1.54, 1.807) is 0 Å². The number of nitrogens with zero attached hydrogens (tertiary/aromatic N) is 1. The van der Waals surface area contributed by atoms with Gasteiger partial charge in [0.15, 0.2) is 0 Å².